The molecule has 6 nitrogen and oxygen atoms in total. The maximum atomic E-state index is 12.7. The predicted molar refractivity (Wildman–Crippen MR) is 103 cm³/mol. The van der Waals surface area contributed by atoms with Gasteiger partial charge < -0.3 is 19.7 Å². The monoisotopic (exact) mass is 386 g/mol. The van der Waals surface area contributed by atoms with Crippen LogP contribution in [0.2, 0.25) is 0 Å². The summed E-state index contributed by atoms with van der Waals surface area (Å²) in [4.78, 5) is 25.5. The Hall–Kier alpha value is -2.70. The number of esters is 2. The summed E-state index contributed by atoms with van der Waals surface area (Å²) < 4.78 is 11.3. The quantitative estimate of drug-likeness (QED) is 0.559. The molecule has 2 rings (SSSR count). The number of rotatable bonds is 7. The van der Waals surface area contributed by atoms with Gasteiger partial charge in [0.1, 0.15) is 0 Å². The van der Waals surface area contributed by atoms with Crippen molar-refractivity contribution in [1.29, 1.82) is 0 Å². The van der Waals surface area contributed by atoms with E-state index in [0.29, 0.717) is 0 Å². The third-order valence-electron chi connectivity index (χ3n) is 5.14. The van der Waals surface area contributed by atoms with Crippen molar-refractivity contribution in [2.75, 3.05) is 0 Å². The Morgan fingerprint density at radius 1 is 0.786 bits per heavy atom. The molecule has 0 amide bonds. The molecule has 0 unspecified atom stereocenters. The third-order valence-corrected chi connectivity index (χ3v) is 5.14. The fourth-order valence-corrected chi connectivity index (χ4v) is 2.79. The molecule has 0 fully saturated rings. The van der Waals surface area contributed by atoms with Crippen LogP contribution in [-0.4, -0.2) is 33.7 Å². The summed E-state index contributed by atoms with van der Waals surface area (Å²) in [6.45, 7) is 5.73. The van der Waals surface area contributed by atoms with Crippen molar-refractivity contribution < 1.29 is 29.3 Å². The number of ether oxygens (including phenoxy) is 2. The minimum atomic E-state index is -2.31. The van der Waals surface area contributed by atoms with Gasteiger partial charge in [-0.15, -0.1) is 0 Å². The van der Waals surface area contributed by atoms with Gasteiger partial charge in [0, 0.05) is 6.42 Å². The number of hydrogen-bond acceptors (Lipinski definition) is 6. The van der Waals surface area contributed by atoms with Gasteiger partial charge in [0.15, 0.2) is 5.79 Å². The van der Waals surface area contributed by atoms with Gasteiger partial charge in [-0.3, -0.25) is 0 Å². The molecule has 0 heterocycles. The zero-order valence-corrected chi connectivity index (χ0v) is 16.5. The normalized spacial score (nSPS) is 12.4. The van der Waals surface area contributed by atoms with E-state index in [1.807, 2.05) is 0 Å². The van der Waals surface area contributed by atoms with Crippen molar-refractivity contribution >= 4 is 11.9 Å². The summed E-state index contributed by atoms with van der Waals surface area (Å²) in [6, 6.07) is 16.4. The number of hydrogen-bond donors (Lipinski definition) is 2. The van der Waals surface area contributed by atoms with Gasteiger partial charge in [0.2, 0.25) is 0 Å². The van der Waals surface area contributed by atoms with Crippen molar-refractivity contribution in [2.24, 2.45) is 5.41 Å². The molecule has 0 aliphatic carbocycles. The van der Waals surface area contributed by atoms with E-state index in [9.17, 15) is 19.8 Å². The van der Waals surface area contributed by atoms with E-state index < -0.39 is 28.9 Å². The molecule has 0 saturated heterocycles. The highest BCUT2D eigenvalue weighted by Gasteiger charge is 2.59. The molecule has 0 atom stereocenters. The molecule has 0 aromatic heterocycles. The van der Waals surface area contributed by atoms with Gasteiger partial charge in [-0.25, -0.2) is 9.59 Å². The van der Waals surface area contributed by atoms with E-state index in [0.717, 1.165) is 6.92 Å². The van der Waals surface area contributed by atoms with Crippen molar-refractivity contribution in [3.8, 4) is 0 Å². The summed E-state index contributed by atoms with van der Waals surface area (Å²) in [5, 5.41) is 20.7. The van der Waals surface area contributed by atoms with Crippen molar-refractivity contribution in [3.05, 3.63) is 71.8 Å². The average molecular weight is 386 g/mol. The van der Waals surface area contributed by atoms with Gasteiger partial charge >= 0.3 is 11.9 Å². The van der Waals surface area contributed by atoms with E-state index in [1.54, 1.807) is 67.6 Å². The molecule has 0 aliphatic rings. The highest BCUT2D eigenvalue weighted by atomic mass is 16.7. The van der Waals surface area contributed by atoms with Crippen molar-refractivity contribution in [3.63, 3.8) is 0 Å². The summed E-state index contributed by atoms with van der Waals surface area (Å²) in [7, 11) is 0. The van der Waals surface area contributed by atoms with Gasteiger partial charge in [0.05, 0.1) is 16.5 Å². The van der Waals surface area contributed by atoms with E-state index in [-0.39, 0.29) is 17.5 Å². The van der Waals surface area contributed by atoms with Crippen LogP contribution < -0.4 is 0 Å². The molecule has 6 heteroatoms. The maximum Gasteiger partial charge on any atom is 0.341 e. The van der Waals surface area contributed by atoms with Crippen LogP contribution in [-0.2, 0) is 9.47 Å². The number of carbonyl (C=O) groups excluding carboxylic acids is 2. The van der Waals surface area contributed by atoms with E-state index in [1.165, 1.54) is 13.8 Å². The first-order valence-electron chi connectivity index (χ1n) is 9.05. The topological polar surface area (TPSA) is 93.1 Å². The highest BCUT2D eigenvalue weighted by Crippen LogP contribution is 2.46. The second kappa shape index (κ2) is 8.12. The zero-order valence-electron chi connectivity index (χ0n) is 16.5. The van der Waals surface area contributed by atoms with Crippen molar-refractivity contribution in [1.82, 2.24) is 0 Å². The van der Waals surface area contributed by atoms with Crippen molar-refractivity contribution in [2.45, 2.75) is 45.7 Å². The molecule has 28 heavy (non-hydrogen) atoms. The highest BCUT2D eigenvalue weighted by molar-refractivity contribution is 5.91. The SMILES string of the molecule is CCC(OC(=O)c1ccccc1)(OC(=O)c1ccccc1)C(C)(C)C(C)(O)O. The molecule has 2 aromatic rings. The number of carbonyl (C=O) groups is 2. The molecule has 2 N–H and O–H groups in total. The minimum absolute atomic E-state index is 0.00779. The summed E-state index contributed by atoms with van der Waals surface area (Å²) in [6.07, 6.45) is 0.00779. The van der Waals surface area contributed by atoms with Crippen LogP contribution in [0.1, 0.15) is 54.8 Å². The van der Waals surface area contributed by atoms with Gasteiger partial charge in [0.25, 0.3) is 5.79 Å². The molecule has 150 valence electrons. The molecular formula is C22H26O6. The molecule has 0 spiro atoms. The largest absolute Gasteiger partial charge is 0.418 e. The third kappa shape index (κ3) is 4.24. The Bertz CT molecular complexity index is 752. The molecular weight excluding hydrogens is 360 g/mol. The van der Waals surface area contributed by atoms with E-state index in [2.05, 4.69) is 0 Å². The first-order valence-corrected chi connectivity index (χ1v) is 9.05. The Labute approximate surface area is 164 Å². The van der Waals surface area contributed by atoms with E-state index in [4.69, 9.17) is 9.47 Å². The summed E-state index contributed by atoms with van der Waals surface area (Å²) in [5.41, 5.74) is -1.04. The smallest absolute Gasteiger partial charge is 0.341 e. The average Bonchev–Trinajstić information content (AvgIpc) is 2.67. The lowest BCUT2D eigenvalue weighted by atomic mass is 9.74. The minimum Gasteiger partial charge on any atom is -0.418 e. The maximum absolute atomic E-state index is 12.7. The van der Waals surface area contributed by atoms with E-state index >= 15 is 0 Å². The van der Waals surface area contributed by atoms with Crippen LogP contribution in [0.3, 0.4) is 0 Å². The molecule has 0 bridgehead atoms. The lowest BCUT2D eigenvalue weighted by Gasteiger charge is -2.48. The lowest BCUT2D eigenvalue weighted by molar-refractivity contribution is -0.330. The predicted octanol–water partition coefficient (Wildman–Crippen LogP) is 3.53. The van der Waals surface area contributed by atoms with Crippen LogP contribution in [0.5, 0.6) is 0 Å². The van der Waals surface area contributed by atoms with Crippen LogP contribution >= 0.6 is 0 Å². The molecule has 0 saturated carbocycles. The standard InChI is InChI=1S/C22H26O6/c1-5-22(20(2,3)21(4,25)26,27-18(23)16-12-8-6-9-13-16)28-19(24)17-14-10-7-11-15-17/h6-15,25-26H,5H2,1-4H3. The number of benzene rings is 2. The molecule has 2 aromatic carbocycles. The fraction of sp³-hybridized carbons (Fsp3) is 0.364. The van der Waals surface area contributed by atoms with Crippen LogP contribution in [0, 0.1) is 5.41 Å². The van der Waals surface area contributed by atoms with Gasteiger partial charge in [-0.1, -0.05) is 43.3 Å². The summed E-state index contributed by atoms with van der Waals surface area (Å²) >= 11 is 0. The Balaban J connectivity index is 2.47. The second-order valence-corrected chi connectivity index (χ2v) is 7.26. The lowest BCUT2D eigenvalue weighted by Crippen LogP contribution is -2.61. The second-order valence-electron chi connectivity index (χ2n) is 7.26. The van der Waals surface area contributed by atoms with Crippen LogP contribution in [0.4, 0.5) is 0 Å². The van der Waals surface area contributed by atoms with Crippen LogP contribution in [0.15, 0.2) is 60.7 Å². The summed E-state index contributed by atoms with van der Waals surface area (Å²) in [5.74, 6) is -5.71. The first kappa shape index (κ1) is 21.6. The molecule has 0 radical (unpaired) electrons. The first-order chi connectivity index (χ1) is 13.0. The van der Waals surface area contributed by atoms with Gasteiger partial charge in [-0.2, -0.15) is 0 Å². The van der Waals surface area contributed by atoms with Gasteiger partial charge in [-0.05, 0) is 45.0 Å². The Kier molecular flexibility index (Phi) is 6.27. The zero-order chi connectivity index (χ0) is 21.0. The number of aliphatic hydroxyl groups is 2. The van der Waals surface area contributed by atoms with Crippen LogP contribution in [0.25, 0.3) is 0 Å². The molecule has 0 aliphatic heterocycles. The fourth-order valence-electron chi connectivity index (χ4n) is 2.79. The Morgan fingerprint density at radius 3 is 1.43 bits per heavy atom. The Morgan fingerprint density at radius 2 is 1.14 bits per heavy atom.